The van der Waals surface area contributed by atoms with Gasteiger partial charge in [-0.1, -0.05) is 42.1 Å². The maximum Gasteiger partial charge on any atom is 0.288 e. The maximum atomic E-state index is 12.4. The zero-order valence-corrected chi connectivity index (χ0v) is 15.2. The molecule has 2 aromatic rings. The van der Waals surface area contributed by atoms with Gasteiger partial charge in [0.2, 0.25) is 0 Å². The van der Waals surface area contributed by atoms with Gasteiger partial charge in [-0.3, -0.25) is 9.69 Å². The molecule has 1 fully saturated rings. The molecule has 0 aliphatic carbocycles. The van der Waals surface area contributed by atoms with E-state index < -0.39 is 5.76 Å². The summed E-state index contributed by atoms with van der Waals surface area (Å²) in [5, 5.41) is 3.00. The predicted octanol–water partition coefficient (Wildman–Crippen LogP) is 4.57. The molecule has 1 atom stereocenters. The van der Waals surface area contributed by atoms with Crippen LogP contribution in [-0.2, 0) is 0 Å². The second-order valence-electron chi connectivity index (χ2n) is 6.28. The molecule has 6 heteroatoms. The largest absolute Gasteiger partial charge is 0.350 e. The van der Waals surface area contributed by atoms with Gasteiger partial charge >= 0.3 is 0 Å². The van der Waals surface area contributed by atoms with Gasteiger partial charge in [0, 0.05) is 17.0 Å². The molecule has 0 unspecified atom stereocenters. The molecule has 26 heavy (non-hydrogen) atoms. The Morgan fingerprint density at radius 2 is 1.69 bits per heavy atom. The number of rotatable bonds is 7. The van der Waals surface area contributed by atoms with Crippen molar-refractivity contribution in [2.75, 3.05) is 19.6 Å². The van der Waals surface area contributed by atoms with Crippen LogP contribution in [0.25, 0.3) is 0 Å². The Labute approximate surface area is 156 Å². The number of carbonyl (C=O) groups excluding carboxylic acids is 1. The minimum atomic E-state index is -2.46. The lowest BCUT2D eigenvalue weighted by atomic mass is 10.1. The third-order valence-electron chi connectivity index (χ3n) is 4.56. The summed E-state index contributed by atoms with van der Waals surface area (Å²) in [5.41, 5.74) is 1.68. The van der Waals surface area contributed by atoms with Crippen molar-refractivity contribution in [2.45, 2.75) is 29.5 Å². The van der Waals surface area contributed by atoms with Crippen LogP contribution in [0.4, 0.5) is 8.78 Å². The highest BCUT2D eigenvalue weighted by Crippen LogP contribution is 2.26. The first-order chi connectivity index (χ1) is 12.6. The van der Waals surface area contributed by atoms with Crippen molar-refractivity contribution in [3.8, 4) is 0 Å². The SMILES string of the molecule is O=C(NC[C@H](c1ccccc1)N1CCCC1)c1ccc(SC(F)F)cc1. The van der Waals surface area contributed by atoms with Crippen molar-refractivity contribution < 1.29 is 13.6 Å². The molecule has 1 aliphatic heterocycles. The monoisotopic (exact) mass is 376 g/mol. The lowest BCUT2D eigenvalue weighted by molar-refractivity contribution is 0.0938. The molecule has 1 heterocycles. The van der Waals surface area contributed by atoms with Crippen LogP contribution in [0.1, 0.15) is 34.8 Å². The first-order valence-electron chi connectivity index (χ1n) is 8.75. The number of nitrogens with zero attached hydrogens (tertiary/aromatic N) is 1. The summed E-state index contributed by atoms with van der Waals surface area (Å²) in [5.74, 6) is -2.64. The van der Waals surface area contributed by atoms with E-state index in [-0.39, 0.29) is 11.9 Å². The number of hydrogen-bond donors (Lipinski definition) is 1. The van der Waals surface area contributed by atoms with E-state index in [9.17, 15) is 13.6 Å². The third kappa shape index (κ3) is 5.05. The van der Waals surface area contributed by atoms with E-state index in [1.54, 1.807) is 24.3 Å². The van der Waals surface area contributed by atoms with Crippen molar-refractivity contribution in [2.24, 2.45) is 0 Å². The van der Waals surface area contributed by atoms with Crippen molar-refractivity contribution >= 4 is 17.7 Å². The predicted molar refractivity (Wildman–Crippen MR) is 101 cm³/mol. The molecule has 0 aromatic heterocycles. The van der Waals surface area contributed by atoms with Crippen LogP contribution in [0.2, 0.25) is 0 Å². The second-order valence-corrected chi connectivity index (χ2v) is 7.35. The Hall–Kier alpha value is -1.92. The highest BCUT2D eigenvalue weighted by molar-refractivity contribution is 7.99. The van der Waals surface area contributed by atoms with E-state index in [4.69, 9.17) is 0 Å². The molecule has 0 bridgehead atoms. The lowest BCUT2D eigenvalue weighted by Gasteiger charge is -2.28. The molecule has 0 saturated carbocycles. The Balaban J connectivity index is 1.63. The zero-order valence-electron chi connectivity index (χ0n) is 14.4. The van der Waals surface area contributed by atoms with Gasteiger partial charge in [-0.25, -0.2) is 0 Å². The number of hydrogen-bond acceptors (Lipinski definition) is 3. The smallest absolute Gasteiger partial charge is 0.288 e. The first-order valence-corrected chi connectivity index (χ1v) is 9.63. The summed E-state index contributed by atoms with van der Waals surface area (Å²) in [4.78, 5) is 15.3. The van der Waals surface area contributed by atoms with Crippen LogP contribution in [-0.4, -0.2) is 36.2 Å². The molecule has 0 spiro atoms. The van der Waals surface area contributed by atoms with Gasteiger partial charge in [0.25, 0.3) is 11.7 Å². The normalized spacial score (nSPS) is 16.0. The van der Waals surface area contributed by atoms with Crippen molar-refractivity contribution in [3.05, 3.63) is 65.7 Å². The van der Waals surface area contributed by atoms with Gasteiger partial charge in [-0.05, 0) is 55.8 Å². The molecule has 1 saturated heterocycles. The van der Waals surface area contributed by atoms with E-state index in [2.05, 4.69) is 22.3 Å². The van der Waals surface area contributed by atoms with Crippen molar-refractivity contribution in [1.82, 2.24) is 10.2 Å². The van der Waals surface area contributed by atoms with Crippen LogP contribution < -0.4 is 5.32 Å². The molecule has 3 rings (SSSR count). The Morgan fingerprint density at radius 3 is 2.31 bits per heavy atom. The van der Waals surface area contributed by atoms with Gasteiger partial charge in [0.15, 0.2) is 0 Å². The molecule has 1 aliphatic rings. The maximum absolute atomic E-state index is 12.4. The number of thioether (sulfide) groups is 1. The standard InChI is InChI=1S/C20H22F2N2OS/c21-20(22)26-17-10-8-16(9-11-17)19(25)23-14-18(24-12-4-5-13-24)15-6-2-1-3-7-15/h1-3,6-11,18,20H,4-5,12-14H2,(H,23,25)/t18-/m1/s1. The molecule has 2 aromatic carbocycles. The highest BCUT2D eigenvalue weighted by Gasteiger charge is 2.24. The Morgan fingerprint density at radius 1 is 1.04 bits per heavy atom. The Kier molecular flexibility index (Phi) is 6.63. The number of nitrogens with one attached hydrogen (secondary N) is 1. The zero-order chi connectivity index (χ0) is 18.4. The number of carbonyl (C=O) groups is 1. The molecule has 0 radical (unpaired) electrons. The third-order valence-corrected chi connectivity index (χ3v) is 5.29. The number of halogens is 2. The van der Waals surface area contributed by atoms with Gasteiger partial charge < -0.3 is 5.32 Å². The summed E-state index contributed by atoms with van der Waals surface area (Å²) in [6, 6.07) is 16.6. The summed E-state index contributed by atoms with van der Waals surface area (Å²) < 4.78 is 24.8. The Bertz CT molecular complexity index is 704. The number of amides is 1. The molecule has 1 N–H and O–H groups in total. The summed E-state index contributed by atoms with van der Waals surface area (Å²) in [6.45, 7) is 2.60. The molecular weight excluding hydrogens is 354 g/mol. The quantitative estimate of drug-likeness (QED) is 0.719. The van der Waals surface area contributed by atoms with E-state index in [0.29, 0.717) is 28.8 Å². The second kappa shape index (κ2) is 9.14. The molecule has 3 nitrogen and oxygen atoms in total. The summed E-state index contributed by atoms with van der Waals surface area (Å²) >= 11 is 0.479. The minimum Gasteiger partial charge on any atom is -0.350 e. The molecular formula is C20H22F2N2OS. The average molecular weight is 376 g/mol. The van der Waals surface area contributed by atoms with Crippen LogP contribution in [0.5, 0.6) is 0 Å². The van der Waals surface area contributed by atoms with Crippen molar-refractivity contribution in [1.29, 1.82) is 0 Å². The lowest BCUT2D eigenvalue weighted by Crippen LogP contribution is -2.36. The fraction of sp³-hybridized carbons (Fsp3) is 0.350. The van der Waals surface area contributed by atoms with E-state index >= 15 is 0 Å². The highest BCUT2D eigenvalue weighted by atomic mass is 32.2. The van der Waals surface area contributed by atoms with Gasteiger partial charge in [-0.2, -0.15) is 8.78 Å². The van der Waals surface area contributed by atoms with Gasteiger partial charge in [0.05, 0.1) is 6.04 Å². The van der Waals surface area contributed by atoms with Crippen molar-refractivity contribution in [3.63, 3.8) is 0 Å². The number of likely N-dealkylation sites (tertiary alicyclic amines) is 1. The van der Waals surface area contributed by atoms with E-state index in [1.807, 2.05) is 18.2 Å². The minimum absolute atomic E-state index is 0.149. The molecule has 138 valence electrons. The fourth-order valence-corrected chi connectivity index (χ4v) is 3.76. The number of alkyl halides is 2. The van der Waals surface area contributed by atoms with Gasteiger partial charge in [0.1, 0.15) is 0 Å². The first kappa shape index (κ1) is 18.9. The van der Waals surface area contributed by atoms with E-state index in [0.717, 1.165) is 13.1 Å². The molecule has 1 amide bonds. The van der Waals surface area contributed by atoms with Crippen LogP contribution in [0.15, 0.2) is 59.5 Å². The summed E-state index contributed by atoms with van der Waals surface area (Å²) in [7, 11) is 0. The average Bonchev–Trinajstić information content (AvgIpc) is 3.17. The number of benzene rings is 2. The fourth-order valence-electron chi connectivity index (χ4n) is 3.27. The topological polar surface area (TPSA) is 32.3 Å². The van der Waals surface area contributed by atoms with Crippen LogP contribution in [0.3, 0.4) is 0 Å². The summed E-state index contributed by atoms with van der Waals surface area (Å²) in [6.07, 6.45) is 2.36. The van der Waals surface area contributed by atoms with E-state index in [1.165, 1.54) is 18.4 Å². The van der Waals surface area contributed by atoms with Gasteiger partial charge in [-0.15, -0.1) is 0 Å². The van der Waals surface area contributed by atoms with Crippen LogP contribution in [0, 0.1) is 0 Å². The van der Waals surface area contributed by atoms with Crippen LogP contribution >= 0.6 is 11.8 Å².